The Kier molecular flexibility index (Phi) is 2.89. The lowest BCUT2D eigenvalue weighted by atomic mass is 9.83. The lowest BCUT2D eigenvalue weighted by Crippen LogP contribution is -2.62. The lowest BCUT2D eigenvalue weighted by Gasteiger charge is -2.50. The summed E-state index contributed by atoms with van der Waals surface area (Å²) in [5, 5.41) is 2.79. The molecule has 1 saturated heterocycles. The van der Waals surface area contributed by atoms with Crippen LogP contribution in [0, 0.1) is 0 Å². The van der Waals surface area contributed by atoms with Crippen molar-refractivity contribution in [2.24, 2.45) is 0 Å². The third-order valence-electron chi connectivity index (χ3n) is 3.17. The molecule has 17 heavy (non-hydrogen) atoms. The second-order valence-corrected chi connectivity index (χ2v) is 4.87. The Morgan fingerprint density at radius 3 is 2.41 bits per heavy atom. The molecule has 0 spiro atoms. The Hall–Kier alpha value is -1.46. The van der Waals surface area contributed by atoms with Crippen molar-refractivity contribution in [3.8, 4) is 0 Å². The van der Waals surface area contributed by atoms with Crippen LogP contribution in [0.4, 0.5) is 5.69 Å². The first-order valence-electron chi connectivity index (χ1n) is 5.50. The van der Waals surface area contributed by atoms with Gasteiger partial charge in [0.1, 0.15) is 11.2 Å². The molecule has 1 aromatic heterocycles. The molecule has 1 unspecified atom stereocenters. The van der Waals surface area contributed by atoms with Crippen LogP contribution >= 0.6 is 0 Å². The minimum Gasteiger partial charge on any atom is -0.326 e. The second kappa shape index (κ2) is 4.09. The van der Waals surface area contributed by atoms with E-state index in [0.717, 1.165) is 5.69 Å². The third kappa shape index (κ3) is 2.30. The summed E-state index contributed by atoms with van der Waals surface area (Å²) in [5.74, 6) is -0.102. The Balaban J connectivity index is 1.95. The molecule has 0 radical (unpaired) electrons. The smallest absolute Gasteiger partial charge is 0.227 e. The first-order chi connectivity index (χ1) is 7.93. The van der Waals surface area contributed by atoms with Gasteiger partial charge < -0.3 is 5.32 Å². The molecule has 1 aliphatic heterocycles. The van der Waals surface area contributed by atoms with Crippen molar-refractivity contribution >= 4 is 11.6 Å². The van der Waals surface area contributed by atoms with E-state index in [1.165, 1.54) is 0 Å². The summed E-state index contributed by atoms with van der Waals surface area (Å²) < 4.78 is 0. The van der Waals surface area contributed by atoms with Crippen LogP contribution in [0.2, 0.25) is 0 Å². The maximum Gasteiger partial charge on any atom is 0.227 e. The molecule has 1 atom stereocenters. The zero-order valence-electron chi connectivity index (χ0n) is 10.2. The van der Waals surface area contributed by atoms with Gasteiger partial charge >= 0.3 is 0 Å². The maximum atomic E-state index is 11.8. The highest BCUT2D eigenvalue weighted by atomic mass is 17.3. The molecular weight excluding hydrogens is 220 g/mol. The van der Waals surface area contributed by atoms with E-state index in [9.17, 15) is 4.79 Å². The number of hydrogen-bond donors (Lipinski definition) is 1. The van der Waals surface area contributed by atoms with Crippen molar-refractivity contribution in [1.82, 2.24) is 4.98 Å². The normalized spacial score (nSPS) is 26.1. The van der Waals surface area contributed by atoms with Crippen LogP contribution in [-0.2, 0) is 14.6 Å². The van der Waals surface area contributed by atoms with Gasteiger partial charge in [-0.05, 0) is 32.9 Å². The van der Waals surface area contributed by atoms with E-state index >= 15 is 0 Å². The van der Waals surface area contributed by atoms with Gasteiger partial charge in [-0.1, -0.05) is 0 Å². The Labute approximate surface area is 100 Å². The summed E-state index contributed by atoms with van der Waals surface area (Å²) in [6, 6.07) is 3.48. The fourth-order valence-electron chi connectivity index (χ4n) is 1.54. The second-order valence-electron chi connectivity index (χ2n) is 4.87. The highest BCUT2D eigenvalue weighted by Gasteiger charge is 2.55. The summed E-state index contributed by atoms with van der Waals surface area (Å²) in [6.07, 6.45) is 3.51. The SMILES string of the molecule is CC1(C)OOC1(C)CC(=O)Nc1ccncc1. The highest BCUT2D eigenvalue weighted by Crippen LogP contribution is 2.42. The van der Waals surface area contributed by atoms with E-state index < -0.39 is 11.2 Å². The Morgan fingerprint density at radius 1 is 1.29 bits per heavy atom. The van der Waals surface area contributed by atoms with Crippen molar-refractivity contribution < 1.29 is 14.6 Å². The predicted octanol–water partition coefficient (Wildman–Crippen LogP) is 1.91. The van der Waals surface area contributed by atoms with Gasteiger partial charge in [0.15, 0.2) is 0 Å². The molecule has 2 rings (SSSR count). The molecule has 1 fully saturated rings. The van der Waals surface area contributed by atoms with Gasteiger partial charge in [0.2, 0.25) is 5.91 Å². The van der Waals surface area contributed by atoms with Gasteiger partial charge in [-0.25, -0.2) is 9.78 Å². The fraction of sp³-hybridized carbons (Fsp3) is 0.500. The number of aromatic nitrogens is 1. The van der Waals surface area contributed by atoms with E-state index in [0.29, 0.717) is 0 Å². The number of pyridine rings is 1. The average molecular weight is 236 g/mol. The third-order valence-corrected chi connectivity index (χ3v) is 3.17. The van der Waals surface area contributed by atoms with E-state index in [1.807, 2.05) is 20.8 Å². The molecule has 0 bridgehead atoms. The molecule has 5 heteroatoms. The summed E-state index contributed by atoms with van der Waals surface area (Å²) in [4.78, 5) is 25.8. The molecule has 0 aromatic carbocycles. The standard InChI is InChI=1S/C12H16N2O3/c1-11(2)12(3,17-16-11)8-10(15)14-9-4-6-13-7-5-9/h4-7H,8H2,1-3H3,(H,13,14,15). The number of rotatable bonds is 3. The fourth-order valence-corrected chi connectivity index (χ4v) is 1.54. The zero-order chi connectivity index (χ0) is 12.5. The Bertz CT molecular complexity index is 419. The van der Waals surface area contributed by atoms with E-state index in [-0.39, 0.29) is 12.3 Å². The zero-order valence-corrected chi connectivity index (χ0v) is 10.2. The largest absolute Gasteiger partial charge is 0.326 e. The molecule has 1 amide bonds. The minimum atomic E-state index is -0.579. The van der Waals surface area contributed by atoms with Crippen LogP contribution in [0.1, 0.15) is 27.2 Å². The molecule has 1 aliphatic rings. The molecular formula is C12H16N2O3. The van der Waals surface area contributed by atoms with E-state index in [2.05, 4.69) is 10.3 Å². The summed E-state index contributed by atoms with van der Waals surface area (Å²) in [5.41, 5.74) is -0.293. The molecule has 1 N–H and O–H groups in total. The predicted molar refractivity (Wildman–Crippen MR) is 62.1 cm³/mol. The summed E-state index contributed by atoms with van der Waals surface area (Å²) in [6.45, 7) is 5.66. The highest BCUT2D eigenvalue weighted by molar-refractivity contribution is 5.91. The van der Waals surface area contributed by atoms with Crippen molar-refractivity contribution in [3.05, 3.63) is 24.5 Å². The Morgan fingerprint density at radius 2 is 1.94 bits per heavy atom. The molecule has 2 heterocycles. The number of hydrogen-bond acceptors (Lipinski definition) is 4. The van der Waals surface area contributed by atoms with Gasteiger partial charge in [0.25, 0.3) is 0 Å². The van der Waals surface area contributed by atoms with Crippen LogP contribution in [-0.4, -0.2) is 22.1 Å². The van der Waals surface area contributed by atoms with E-state index in [1.54, 1.807) is 24.5 Å². The van der Waals surface area contributed by atoms with Gasteiger partial charge in [0.05, 0.1) is 6.42 Å². The molecule has 0 saturated carbocycles. The first kappa shape index (κ1) is 12.0. The first-order valence-corrected chi connectivity index (χ1v) is 5.50. The number of amides is 1. The van der Waals surface area contributed by atoms with Crippen LogP contribution in [0.25, 0.3) is 0 Å². The quantitative estimate of drug-likeness (QED) is 0.814. The van der Waals surface area contributed by atoms with Gasteiger partial charge in [-0.2, -0.15) is 0 Å². The number of carbonyl (C=O) groups is 1. The number of nitrogens with one attached hydrogen (secondary N) is 1. The van der Waals surface area contributed by atoms with Crippen LogP contribution in [0.3, 0.4) is 0 Å². The van der Waals surface area contributed by atoms with Crippen molar-refractivity contribution in [3.63, 3.8) is 0 Å². The van der Waals surface area contributed by atoms with Crippen molar-refractivity contribution in [2.75, 3.05) is 5.32 Å². The van der Waals surface area contributed by atoms with Gasteiger partial charge in [0, 0.05) is 18.1 Å². The molecule has 1 aromatic rings. The van der Waals surface area contributed by atoms with E-state index in [4.69, 9.17) is 9.78 Å². The van der Waals surface area contributed by atoms with Crippen molar-refractivity contribution in [1.29, 1.82) is 0 Å². The number of carbonyl (C=O) groups excluding carboxylic acids is 1. The van der Waals surface area contributed by atoms with Crippen LogP contribution in [0.15, 0.2) is 24.5 Å². The number of nitrogens with zero attached hydrogens (tertiary/aromatic N) is 1. The number of anilines is 1. The van der Waals surface area contributed by atoms with Crippen LogP contribution < -0.4 is 5.32 Å². The minimum absolute atomic E-state index is 0.102. The topological polar surface area (TPSA) is 60.5 Å². The maximum absolute atomic E-state index is 11.8. The average Bonchev–Trinajstić information content (AvgIpc) is 2.28. The van der Waals surface area contributed by atoms with Crippen molar-refractivity contribution in [2.45, 2.75) is 38.4 Å². The molecule has 0 aliphatic carbocycles. The lowest BCUT2D eigenvalue weighted by molar-refractivity contribution is -0.539. The monoisotopic (exact) mass is 236 g/mol. The summed E-state index contributed by atoms with van der Waals surface area (Å²) >= 11 is 0. The van der Waals surface area contributed by atoms with Crippen LogP contribution in [0.5, 0.6) is 0 Å². The molecule has 5 nitrogen and oxygen atoms in total. The molecule has 92 valence electrons. The summed E-state index contributed by atoms with van der Waals surface area (Å²) in [7, 11) is 0. The van der Waals surface area contributed by atoms with Gasteiger partial charge in [-0.15, -0.1) is 0 Å². The van der Waals surface area contributed by atoms with Gasteiger partial charge in [-0.3, -0.25) is 9.78 Å².